The van der Waals surface area contributed by atoms with Crippen LogP contribution in [0.4, 0.5) is 0 Å². The molecule has 10 N–H and O–H groups in total. The average molecular weight is 637 g/mol. The van der Waals surface area contributed by atoms with Crippen molar-refractivity contribution in [1.82, 2.24) is 0 Å². The van der Waals surface area contributed by atoms with E-state index in [1.807, 2.05) is 0 Å². The number of carboxylic acids is 1. The van der Waals surface area contributed by atoms with Gasteiger partial charge in [0.2, 0.25) is 11.9 Å². The molecule has 0 spiro atoms. The average Bonchev–Trinajstić information content (AvgIpc) is 2.99. The third kappa shape index (κ3) is 7.82. The van der Waals surface area contributed by atoms with Crippen LogP contribution < -0.4 is 4.74 Å². The topological polar surface area (TPSA) is 283 Å². The van der Waals surface area contributed by atoms with Crippen molar-refractivity contribution in [2.75, 3.05) is 13.2 Å². The number of aliphatic carboxylic acids is 1. The van der Waals surface area contributed by atoms with Crippen molar-refractivity contribution in [1.29, 1.82) is 0 Å². The molecular formula is C27H40O17. The van der Waals surface area contributed by atoms with Crippen molar-refractivity contribution in [3.63, 3.8) is 0 Å². The van der Waals surface area contributed by atoms with E-state index in [-0.39, 0.29) is 5.75 Å². The van der Waals surface area contributed by atoms with Crippen LogP contribution in [0.3, 0.4) is 0 Å². The fourth-order valence-corrected chi connectivity index (χ4v) is 4.88. The highest BCUT2D eigenvalue weighted by molar-refractivity contribution is 5.88. The molecule has 2 aliphatic rings. The molecule has 44 heavy (non-hydrogen) atoms. The summed E-state index contributed by atoms with van der Waals surface area (Å²) in [5, 5.41) is 99.8. The number of hydrogen-bond acceptors (Lipinski definition) is 16. The van der Waals surface area contributed by atoms with Gasteiger partial charge < -0.3 is 74.7 Å². The fraction of sp³-hybridized carbons (Fsp3) is 0.704. The Bertz CT molecular complexity index is 1080. The van der Waals surface area contributed by atoms with E-state index in [0.717, 1.165) is 0 Å². The Kier molecular flexibility index (Phi) is 12.4. The number of ether oxygens (including phenoxy) is 5. The highest BCUT2D eigenvalue weighted by atomic mass is 16.7. The second-order valence-electron chi connectivity index (χ2n) is 11.1. The van der Waals surface area contributed by atoms with E-state index >= 15 is 0 Å². The lowest BCUT2D eigenvalue weighted by atomic mass is 9.86. The number of benzene rings is 1. The van der Waals surface area contributed by atoms with Crippen LogP contribution in [0.25, 0.3) is 0 Å². The minimum absolute atomic E-state index is 0.116. The van der Waals surface area contributed by atoms with Crippen LogP contribution in [0.15, 0.2) is 24.3 Å². The monoisotopic (exact) mass is 636 g/mol. The predicted octanol–water partition coefficient (Wildman–Crippen LogP) is -4.04. The van der Waals surface area contributed by atoms with Gasteiger partial charge in [0, 0.05) is 0 Å². The van der Waals surface area contributed by atoms with Gasteiger partial charge >= 0.3 is 11.9 Å². The maximum Gasteiger partial charge on any atom is 0.342 e. The number of aliphatic hydroxyl groups excluding tert-OH is 9. The molecule has 12 atom stereocenters. The second kappa shape index (κ2) is 15.2. The predicted molar refractivity (Wildman–Crippen MR) is 141 cm³/mol. The van der Waals surface area contributed by atoms with Crippen molar-refractivity contribution in [2.45, 2.75) is 100.0 Å². The molecule has 250 valence electrons. The Morgan fingerprint density at radius 3 is 1.80 bits per heavy atom. The minimum atomic E-state index is -2.68. The van der Waals surface area contributed by atoms with Gasteiger partial charge in [0.25, 0.3) is 0 Å². The summed E-state index contributed by atoms with van der Waals surface area (Å²) >= 11 is 0. The Balaban J connectivity index is 1.77. The summed E-state index contributed by atoms with van der Waals surface area (Å²) in [7, 11) is 0. The van der Waals surface area contributed by atoms with Crippen LogP contribution in [0.2, 0.25) is 0 Å². The summed E-state index contributed by atoms with van der Waals surface area (Å²) in [4.78, 5) is 25.4. The zero-order valence-corrected chi connectivity index (χ0v) is 23.9. The summed E-state index contributed by atoms with van der Waals surface area (Å²) in [5.41, 5.74) is -2.35. The van der Waals surface area contributed by atoms with Crippen LogP contribution in [-0.2, 0) is 35.1 Å². The third-order valence-electron chi connectivity index (χ3n) is 7.30. The molecule has 0 saturated carbocycles. The van der Waals surface area contributed by atoms with Crippen LogP contribution in [-0.4, -0.2) is 149 Å². The van der Waals surface area contributed by atoms with Crippen LogP contribution in [0.5, 0.6) is 5.75 Å². The second-order valence-corrected chi connectivity index (χ2v) is 11.1. The lowest BCUT2D eigenvalue weighted by molar-refractivity contribution is -0.334. The van der Waals surface area contributed by atoms with Gasteiger partial charge in [0.15, 0.2) is 12.4 Å². The first-order valence-electron chi connectivity index (χ1n) is 13.8. The van der Waals surface area contributed by atoms with E-state index in [0.29, 0.717) is 5.56 Å². The van der Waals surface area contributed by atoms with Gasteiger partial charge in [0.05, 0.1) is 13.2 Å². The Morgan fingerprint density at radius 2 is 1.32 bits per heavy atom. The van der Waals surface area contributed by atoms with Gasteiger partial charge in [-0.1, -0.05) is 26.0 Å². The quantitative estimate of drug-likeness (QED) is 0.0922. The third-order valence-corrected chi connectivity index (χ3v) is 7.30. The molecule has 0 radical (unpaired) electrons. The van der Waals surface area contributed by atoms with E-state index in [9.17, 15) is 60.7 Å². The molecule has 0 aliphatic carbocycles. The molecule has 12 unspecified atom stereocenters. The summed E-state index contributed by atoms with van der Waals surface area (Å²) in [6, 6.07) is 5.59. The van der Waals surface area contributed by atoms with E-state index in [1.165, 1.54) is 24.3 Å². The molecule has 2 heterocycles. The van der Waals surface area contributed by atoms with Gasteiger partial charge in [-0.05, 0) is 30.0 Å². The molecule has 17 nitrogen and oxygen atoms in total. The first kappa shape index (κ1) is 36.0. The van der Waals surface area contributed by atoms with Gasteiger partial charge in [-0.15, -0.1) is 0 Å². The maximum absolute atomic E-state index is 13.5. The highest BCUT2D eigenvalue weighted by Gasteiger charge is 2.56. The molecule has 3 rings (SSSR count). The maximum atomic E-state index is 13.5. The standard InChI is InChI=1S/C27H40O17/c1-11(2)7-27(22(36)23(37)38,44-25-21(35)19(33)17(31)15(9-29)43-25)26(39)40-10-12-3-5-13(6-4-12)41-24-20(34)18(32)16(30)14(8-28)42-24/h3-6,11,14-22,24-25,28-36H,7-10H2,1-2H3,(H,37,38). The van der Waals surface area contributed by atoms with Crippen LogP contribution in [0, 0.1) is 5.92 Å². The van der Waals surface area contributed by atoms with E-state index in [4.69, 9.17) is 23.7 Å². The number of carboxylic acid groups (broad SMARTS) is 1. The highest BCUT2D eigenvalue weighted by Crippen LogP contribution is 2.34. The number of carbonyl (C=O) groups excluding carboxylic acids is 1. The zero-order chi connectivity index (χ0) is 32.9. The van der Waals surface area contributed by atoms with Crippen LogP contribution in [0.1, 0.15) is 25.8 Å². The minimum Gasteiger partial charge on any atom is -0.479 e. The van der Waals surface area contributed by atoms with Crippen molar-refractivity contribution in [3.05, 3.63) is 29.8 Å². The molecule has 17 heteroatoms. The summed E-state index contributed by atoms with van der Waals surface area (Å²) < 4.78 is 27.0. The van der Waals surface area contributed by atoms with Crippen molar-refractivity contribution in [2.24, 2.45) is 5.92 Å². The number of rotatable bonds is 13. The van der Waals surface area contributed by atoms with E-state index in [1.54, 1.807) is 13.8 Å². The first-order chi connectivity index (χ1) is 20.7. The smallest absolute Gasteiger partial charge is 0.342 e. The summed E-state index contributed by atoms with van der Waals surface area (Å²) in [5.74, 6) is -3.62. The molecular weight excluding hydrogens is 596 g/mol. The molecule has 2 fully saturated rings. The van der Waals surface area contributed by atoms with Gasteiger partial charge in [-0.3, -0.25) is 0 Å². The van der Waals surface area contributed by atoms with E-state index in [2.05, 4.69) is 0 Å². The Hall–Kier alpha value is -2.52. The largest absolute Gasteiger partial charge is 0.479 e. The molecule has 0 amide bonds. The lowest BCUT2D eigenvalue weighted by Crippen LogP contribution is -2.65. The van der Waals surface area contributed by atoms with Crippen LogP contribution >= 0.6 is 0 Å². The van der Waals surface area contributed by atoms with Crippen molar-refractivity contribution < 1.29 is 84.3 Å². The Labute approximate surface area is 251 Å². The number of carbonyl (C=O) groups is 2. The van der Waals surface area contributed by atoms with Gasteiger partial charge in [0.1, 0.15) is 61.2 Å². The van der Waals surface area contributed by atoms with Crippen molar-refractivity contribution >= 4 is 11.9 Å². The molecule has 1 aromatic rings. The number of aliphatic hydroxyl groups is 9. The zero-order valence-electron chi connectivity index (χ0n) is 23.9. The summed E-state index contributed by atoms with van der Waals surface area (Å²) in [6.07, 6.45) is -19.6. The SMILES string of the molecule is CC(C)CC(OC1OC(CO)C(O)C(O)C1O)(C(=O)OCc1ccc(OC2OC(CO)C(O)C(O)C2O)cc1)C(O)C(=O)O. The Morgan fingerprint density at radius 1 is 0.818 bits per heavy atom. The normalized spacial score (nSPS) is 34.6. The molecule has 2 saturated heterocycles. The summed E-state index contributed by atoms with van der Waals surface area (Å²) in [6.45, 7) is 1.21. The molecule has 0 bridgehead atoms. The molecule has 1 aromatic carbocycles. The number of esters is 1. The lowest BCUT2D eigenvalue weighted by Gasteiger charge is -2.44. The van der Waals surface area contributed by atoms with Gasteiger partial charge in [-0.2, -0.15) is 0 Å². The molecule has 0 aromatic heterocycles. The van der Waals surface area contributed by atoms with Gasteiger partial charge in [-0.25, -0.2) is 9.59 Å². The molecule has 2 aliphatic heterocycles. The first-order valence-corrected chi connectivity index (χ1v) is 13.8. The van der Waals surface area contributed by atoms with E-state index < -0.39 is 117 Å². The van der Waals surface area contributed by atoms with Crippen molar-refractivity contribution in [3.8, 4) is 5.75 Å². The fourth-order valence-electron chi connectivity index (χ4n) is 4.88. The number of hydrogen-bond donors (Lipinski definition) is 10.